The quantitative estimate of drug-likeness (QED) is 0.733. The second-order valence-electron chi connectivity index (χ2n) is 3.87. The Bertz CT molecular complexity index is 404. The van der Waals surface area contributed by atoms with Crippen LogP contribution in [0.1, 0.15) is 26.1 Å². The van der Waals surface area contributed by atoms with Crippen LogP contribution in [0.15, 0.2) is 0 Å². The van der Waals surface area contributed by atoms with Gasteiger partial charge in [0, 0.05) is 6.42 Å². The van der Waals surface area contributed by atoms with Gasteiger partial charge in [-0.25, -0.2) is 0 Å². The number of nitrogens with two attached hydrogens (primary N) is 1. The number of amides is 1. The summed E-state index contributed by atoms with van der Waals surface area (Å²) in [5.74, 6) is 0.402. The molecule has 1 aromatic rings. The van der Waals surface area contributed by atoms with Crippen LogP contribution < -0.4 is 5.73 Å². The molecule has 1 heterocycles. The molecule has 1 amide bonds. The largest absolute Gasteiger partial charge is 0.370 e. The van der Waals surface area contributed by atoms with E-state index in [1.807, 2.05) is 20.8 Å². The SMILES string of the molecule is Cc1n[nH]c(=S)n1C(C)(C)CC(N)=O. The van der Waals surface area contributed by atoms with Gasteiger partial charge in [-0.1, -0.05) is 0 Å². The number of nitrogens with zero attached hydrogens (tertiary/aromatic N) is 2. The Hall–Kier alpha value is -1.17. The first-order valence-electron chi connectivity index (χ1n) is 4.27. The molecule has 0 aromatic carbocycles. The molecule has 0 saturated carbocycles. The average molecular weight is 214 g/mol. The van der Waals surface area contributed by atoms with Gasteiger partial charge in [-0.05, 0) is 33.0 Å². The number of aromatic nitrogens is 3. The summed E-state index contributed by atoms with van der Waals surface area (Å²) >= 11 is 5.07. The van der Waals surface area contributed by atoms with E-state index in [4.69, 9.17) is 18.0 Å². The lowest BCUT2D eigenvalue weighted by Gasteiger charge is -2.25. The molecule has 0 saturated heterocycles. The van der Waals surface area contributed by atoms with Crippen molar-refractivity contribution in [2.45, 2.75) is 32.7 Å². The highest BCUT2D eigenvalue weighted by Gasteiger charge is 2.25. The maximum Gasteiger partial charge on any atom is 0.219 e. The van der Waals surface area contributed by atoms with Crippen molar-refractivity contribution in [3.8, 4) is 0 Å². The third-order valence-corrected chi connectivity index (χ3v) is 2.33. The van der Waals surface area contributed by atoms with E-state index >= 15 is 0 Å². The zero-order valence-corrected chi connectivity index (χ0v) is 9.31. The van der Waals surface area contributed by atoms with Crippen LogP contribution in [-0.2, 0) is 10.3 Å². The molecule has 6 heteroatoms. The predicted octanol–water partition coefficient (Wildman–Crippen LogP) is 0.860. The van der Waals surface area contributed by atoms with Crippen molar-refractivity contribution in [1.29, 1.82) is 0 Å². The molecular weight excluding hydrogens is 200 g/mol. The van der Waals surface area contributed by atoms with Crippen molar-refractivity contribution < 1.29 is 4.79 Å². The first kappa shape index (κ1) is 10.9. The molecule has 0 aliphatic heterocycles. The highest BCUT2D eigenvalue weighted by atomic mass is 32.1. The summed E-state index contributed by atoms with van der Waals surface area (Å²) in [4.78, 5) is 10.9. The molecule has 0 unspecified atom stereocenters. The van der Waals surface area contributed by atoms with Crippen LogP contribution in [-0.4, -0.2) is 20.7 Å². The number of carbonyl (C=O) groups is 1. The first-order chi connectivity index (χ1) is 6.34. The molecule has 0 fully saturated rings. The standard InChI is InChI=1S/C8H14N4OS/c1-5-10-11-7(14)12(5)8(2,3)4-6(9)13/h4H2,1-3H3,(H2,9,13)(H,11,14). The number of H-pyrrole nitrogens is 1. The summed E-state index contributed by atoms with van der Waals surface area (Å²) in [5, 5.41) is 6.66. The van der Waals surface area contributed by atoms with Crippen LogP contribution >= 0.6 is 12.2 Å². The van der Waals surface area contributed by atoms with Crippen molar-refractivity contribution in [3.05, 3.63) is 10.6 Å². The molecule has 5 nitrogen and oxygen atoms in total. The van der Waals surface area contributed by atoms with Crippen molar-refractivity contribution in [2.24, 2.45) is 5.73 Å². The first-order valence-corrected chi connectivity index (χ1v) is 4.68. The maximum atomic E-state index is 10.9. The minimum Gasteiger partial charge on any atom is -0.370 e. The molecular formula is C8H14N4OS. The van der Waals surface area contributed by atoms with Gasteiger partial charge in [0.2, 0.25) is 5.91 Å². The topological polar surface area (TPSA) is 76.7 Å². The molecule has 0 spiro atoms. The monoisotopic (exact) mass is 214 g/mol. The van der Waals surface area contributed by atoms with E-state index in [0.717, 1.165) is 5.82 Å². The third kappa shape index (κ3) is 2.01. The molecule has 0 atom stereocenters. The fourth-order valence-electron chi connectivity index (χ4n) is 1.59. The lowest BCUT2D eigenvalue weighted by Crippen LogP contribution is -2.33. The number of hydrogen-bond donors (Lipinski definition) is 2. The van der Waals surface area contributed by atoms with Gasteiger partial charge in [0.05, 0.1) is 5.54 Å². The van der Waals surface area contributed by atoms with Crippen LogP contribution in [0.4, 0.5) is 0 Å². The number of aryl methyl sites for hydroxylation is 1. The molecule has 0 bridgehead atoms. The number of rotatable bonds is 3. The molecule has 0 aliphatic carbocycles. The van der Waals surface area contributed by atoms with Gasteiger partial charge in [0.15, 0.2) is 4.77 Å². The minimum atomic E-state index is -0.431. The zero-order valence-electron chi connectivity index (χ0n) is 8.50. The van der Waals surface area contributed by atoms with Crippen LogP contribution in [0, 0.1) is 11.7 Å². The highest BCUT2D eigenvalue weighted by molar-refractivity contribution is 7.71. The molecule has 0 aliphatic rings. The molecule has 0 radical (unpaired) electrons. The van der Waals surface area contributed by atoms with E-state index in [1.54, 1.807) is 4.57 Å². The summed E-state index contributed by atoms with van der Waals surface area (Å²) in [7, 11) is 0. The number of carbonyl (C=O) groups excluding carboxylic acids is 1. The highest BCUT2D eigenvalue weighted by Crippen LogP contribution is 2.20. The summed E-state index contributed by atoms with van der Waals surface area (Å²) in [6, 6.07) is 0. The Balaban J connectivity index is 3.15. The van der Waals surface area contributed by atoms with Crippen LogP contribution in [0.25, 0.3) is 0 Å². The lowest BCUT2D eigenvalue weighted by molar-refractivity contribution is -0.119. The van der Waals surface area contributed by atoms with Gasteiger partial charge in [-0.15, -0.1) is 0 Å². The van der Waals surface area contributed by atoms with E-state index in [-0.39, 0.29) is 12.3 Å². The Morgan fingerprint density at radius 3 is 2.64 bits per heavy atom. The molecule has 14 heavy (non-hydrogen) atoms. The average Bonchev–Trinajstić information content (AvgIpc) is 2.27. The maximum absolute atomic E-state index is 10.9. The van der Waals surface area contributed by atoms with Crippen LogP contribution in [0.2, 0.25) is 0 Å². The molecule has 1 aromatic heterocycles. The smallest absolute Gasteiger partial charge is 0.219 e. The van der Waals surface area contributed by atoms with E-state index in [0.29, 0.717) is 4.77 Å². The Labute approximate surface area is 87.3 Å². The summed E-state index contributed by atoms with van der Waals surface area (Å²) in [6.45, 7) is 5.63. The predicted molar refractivity (Wildman–Crippen MR) is 55.3 cm³/mol. The zero-order chi connectivity index (χ0) is 10.9. The summed E-state index contributed by atoms with van der Waals surface area (Å²) in [6.07, 6.45) is 0.238. The summed E-state index contributed by atoms with van der Waals surface area (Å²) in [5.41, 5.74) is 4.74. The van der Waals surface area contributed by atoms with Gasteiger partial charge in [-0.3, -0.25) is 14.5 Å². The number of primary amides is 1. The normalized spacial score (nSPS) is 11.6. The molecule has 3 N–H and O–H groups in total. The van der Waals surface area contributed by atoms with Crippen molar-refractivity contribution in [1.82, 2.24) is 14.8 Å². The van der Waals surface area contributed by atoms with Crippen molar-refractivity contribution in [2.75, 3.05) is 0 Å². The second kappa shape index (κ2) is 3.53. The Kier molecular flexibility index (Phi) is 2.75. The Morgan fingerprint density at radius 1 is 1.71 bits per heavy atom. The van der Waals surface area contributed by atoms with Gasteiger partial charge < -0.3 is 5.73 Å². The Morgan fingerprint density at radius 2 is 2.29 bits per heavy atom. The van der Waals surface area contributed by atoms with Gasteiger partial charge in [0.1, 0.15) is 5.82 Å². The fraction of sp³-hybridized carbons (Fsp3) is 0.625. The third-order valence-electron chi connectivity index (χ3n) is 2.05. The molecule has 1 rings (SSSR count). The van der Waals surface area contributed by atoms with Gasteiger partial charge in [-0.2, -0.15) is 5.10 Å². The second-order valence-corrected chi connectivity index (χ2v) is 4.25. The lowest BCUT2D eigenvalue weighted by atomic mass is 10.00. The number of nitrogens with one attached hydrogen (secondary N) is 1. The van der Waals surface area contributed by atoms with Crippen molar-refractivity contribution in [3.63, 3.8) is 0 Å². The number of aromatic amines is 1. The number of hydrogen-bond acceptors (Lipinski definition) is 3. The molecule has 78 valence electrons. The van der Waals surface area contributed by atoms with E-state index in [2.05, 4.69) is 10.2 Å². The van der Waals surface area contributed by atoms with E-state index in [1.165, 1.54) is 0 Å². The minimum absolute atomic E-state index is 0.238. The van der Waals surface area contributed by atoms with Crippen LogP contribution in [0.3, 0.4) is 0 Å². The van der Waals surface area contributed by atoms with E-state index < -0.39 is 5.54 Å². The van der Waals surface area contributed by atoms with E-state index in [9.17, 15) is 4.79 Å². The van der Waals surface area contributed by atoms with Crippen molar-refractivity contribution >= 4 is 18.1 Å². The van der Waals surface area contributed by atoms with Gasteiger partial charge in [0.25, 0.3) is 0 Å². The van der Waals surface area contributed by atoms with Gasteiger partial charge >= 0.3 is 0 Å². The summed E-state index contributed by atoms with van der Waals surface area (Å²) < 4.78 is 2.31. The van der Waals surface area contributed by atoms with Crippen LogP contribution in [0.5, 0.6) is 0 Å². The fourth-order valence-corrected chi connectivity index (χ4v) is 2.02.